The highest BCUT2D eigenvalue weighted by Crippen LogP contribution is 2.28. The first-order chi connectivity index (χ1) is 7.04. The number of amides is 1. The van der Waals surface area contributed by atoms with Gasteiger partial charge in [-0.05, 0) is 34.1 Å². The SMILES string of the molecule is COc1ccc(N(C)CC(N)=O)cc1Br. The van der Waals surface area contributed by atoms with Crippen molar-refractivity contribution in [2.24, 2.45) is 5.73 Å². The molecule has 0 saturated heterocycles. The minimum Gasteiger partial charge on any atom is -0.496 e. The quantitative estimate of drug-likeness (QED) is 0.901. The molecule has 0 spiro atoms. The Kier molecular flexibility index (Phi) is 3.96. The summed E-state index contributed by atoms with van der Waals surface area (Å²) in [4.78, 5) is 12.5. The molecule has 1 aromatic carbocycles. The first kappa shape index (κ1) is 11.8. The predicted molar refractivity (Wildman–Crippen MR) is 63.2 cm³/mol. The maximum Gasteiger partial charge on any atom is 0.236 e. The molecule has 15 heavy (non-hydrogen) atoms. The molecular weight excluding hydrogens is 260 g/mol. The minimum absolute atomic E-state index is 0.193. The molecule has 0 unspecified atom stereocenters. The summed E-state index contributed by atoms with van der Waals surface area (Å²) in [5, 5.41) is 0. The summed E-state index contributed by atoms with van der Waals surface area (Å²) >= 11 is 3.37. The number of carbonyl (C=O) groups excluding carboxylic acids is 1. The van der Waals surface area contributed by atoms with Crippen molar-refractivity contribution >= 4 is 27.5 Å². The second-order valence-electron chi connectivity index (χ2n) is 3.14. The molecule has 0 saturated carbocycles. The van der Waals surface area contributed by atoms with Gasteiger partial charge >= 0.3 is 0 Å². The number of likely N-dealkylation sites (N-methyl/N-ethyl adjacent to an activating group) is 1. The van der Waals surface area contributed by atoms with E-state index in [1.807, 2.05) is 18.2 Å². The third-order valence-electron chi connectivity index (χ3n) is 1.97. The van der Waals surface area contributed by atoms with Gasteiger partial charge in [0.15, 0.2) is 0 Å². The largest absolute Gasteiger partial charge is 0.496 e. The van der Waals surface area contributed by atoms with Crippen LogP contribution in [0.4, 0.5) is 5.69 Å². The lowest BCUT2D eigenvalue weighted by Crippen LogP contribution is -2.30. The fourth-order valence-corrected chi connectivity index (χ4v) is 1.75. The summed E-state index contributed by atoms with van der Waals surface area (Å²) in [6.45, 7) is 0.193. The van der Waals surface area contributed by atoms with Gasteiger partial charge in [-0.1, -0.05) is 0 Å². The summed E-state index contributed by atoms with van der Waals surface area (Å²) in [7, 11) is 3.41. The Bertz CT molecular complexity index is 368. The van der Waals surface area contributed by atoms with Crippen LogP contribution < -0.4 is 15.4 Å². The van der Waals surface area contributed by atoms with Gasteiger partial charge in [0.1, 0.15) is 5.75 Å². The maximum atomic E-state index is 10.7. The van der Waals surface area contributed by atoms with Crippen LogP contribution in [0.25, 0.3) is 0 Å². The van der Waals surface area contributed by atoms with E-state index < -0.39 is 0 Å². The molecule has 0 heterocycles. The molecule has 0 aliphatic heterocycles. The monoisotopic (exact) mass is 272 g/mol. The van der Waals surface area contributed by atoms with Crippen molar-refractivity contribution in [1.29, 1.82) is 0 Å². The van der Waals surface area contributed by atoms with Gasteiger partial charge < -0.3 is 15.4 Å². The Labute approximate surface area is 97.1 Å². The summed E-state index contributed by atoms with van der Waals surface area (Å²) in [6, 6.07) is 5.57. The number of benzene rings is 1. The summed E-state index contributed by atoms with van der Waals surface area (Å²) < 4.78 is 5.95. The van der Waals surface area contributed by atoms with Gasteiger partial charge in [0.25, 0.3) is 0 Å². The predicted octanol–water partition coefficient (Wildman–Crippen LogP) is 1.38. The van der Waals surface area contributed by atoms with E-state index in [1.54, 1.807) is 19.1 Å². The lowest BCUT2D eigenvalue weighted by molar-refractivity contribution is -0.116. The van der Waals surface area contributed by atoms with Crippen LogP contribution in [0.5, 0.6) is 5.75 Å². The third kappa shape index (κ3) is 3.13. The molecule has 0 aliphatic carbocycles. The van der Waals surface area contributed by atoms with E-state index in [4.69, 9.17) is 10.5 Å². The zero-order chi connectivity index (χ0) is 11.4. The van der Waals surface area contributed by atoms with Gasteiger partial charge in [0.2, 0.25) is 5.91 Å². The van der Waals surface area contributed by atoms with E-state index in [0.717, 1.165) is 15.9 Å². The molecule has 5 heteroatoms. The second kappa shape index (κ2) is 5.02. The highest BCUT2D eigenvalue weighted by molar-refractivity contribution is 9.10. The lowest BCUT2D eigenvalue weighted by atomic mass is 10.3. The standard InChI is InChI=1S/C10H13BrN2O2/c1-13(6-10(12)14)7-3-4-9(15-2)8(11)5-7/h3-5H,6H2,1-2H3,(H2,12,14). The van der Waals surface area contributed by atoms with Gasteiger partial charge in [-0.25, -0.2) is 0 Å². The number of ether oxygens (including phenoxy) is 1. The van der Waals surface area contributed by atoms with Crippen molar-refractivity contribution < 1.29 is 9.53 Å². The van der Waals surface area contributed by atoms with E-state index in [2.05, 4.69) is 15.9 Å². The van der Waals surface area contributed by atoms with Gasteiger partial charge in [-0.15, -0.1) is 0 Å². The normalized spacial score (nSPS) is 9.80. The molecule has 0 fully saturated rings. The number of hydrogen-bond acceptors (Lipinski definition) is 3. The highest BCUT2D eigenvalue weighted by atomic mass is 79.9. The zero-order valence-corrected chi connectivity index (χ0v) is 10.2. The average Bonchev–Trinajstić information content (AvgIpc) is 2.16. The summed E-state index contributed by atoms with van der Waals surface area (Å²) in [5.41, 5.74) is 6.01. The molecule has 1 aromatic rings. The third-order valence-corrected chi connectivity index (χ3v) is 2.59. The van der Waals surface area contributed by atoms with E-state index in [1.165, 1.54) is 0 Å². The number of nitrogens with zero attached hydrogens (tertiary/aromatic N) is 1. The molecule has 4 nitrogen and oxygen atoms in total. The number of primary amides is 1. The number of hydrogen-bond donors (Lipinski definition) is 1. The molecular formula is C10H13BrN2O2. The average molecular weight is 273 g/mol. The van der Waals surface area contributed by atoms with Crippen LogP contribution in [0.3, 0.4) is 0 Å². The van der Waals surface area contributed by atoms with E-state index in [9.17, 15) is 4.79 Å². The van der Waals surface area contributed by atoms with Crippen LogP contribution in [0.2, 0.25) is 0 Å². The smallest absolute Gasteiger partial charge is 0.236 e. The number of carbonyl (C=O) groups is 1. The van der Waals surface area contributed by atoms with Crippen LogP contribution in [0, 0.1) is 0 Å². The van der Waals surface area contributed by atoms with Crippen LogP contribution in [0.1, 0.15) is 0 Å². The number of nitrogens with two attached hydrogens (primary N) is 1. The maximum absolute atomic E-state index is 10.7. The Morgan fingerprint density at radius 3 is 2.73 bits per heavy atom. The van der Waals surface area contributed by atoms with Crippen LogP contribution in [-0.4, -0.2) is 26.6 Å². The number of anilines is 1. The Morgan fingerprint density at radius 2 is 2.27 bits per heavy atom. The molecule has 1 rings (SSSR count). The fourth-order valence-electron chi connectivity index (χ4n) is 1.22. The van der Waals surface area contributed by atoms with Crippen molar-refractivity contribution in [3.8, 4) is 5.75 Å². The van der Waals surface area contributed by atoms with Gasteiger partial charge in [0.05, 0.1) is 18.1 Å². The molecule has 0 aliphatic rings. The van der Waals surface area contributed by atoms with Crippen molar-refractivity contribution in [3.05, 3.63) is 22.7 Å². The lowest BCUT2D eigenvalue weighted by Gasteiger charge is -2.18. The zero-order valence-electron chi connectivity index (χ0n) is 8.66. The molecule has 0 bridgehead atoms. The number of methoxy groups -OCH3 is 1. The molecule has 1 amide bonds. The van der Waals surface area contributed by atoms with Gasteiger partial charge in [0, 0.05) is 12.7 Å². The molecule has 82 valence electrons. The molecule has 0 radical (unpaired) electrons. The fraction of sp³-hybridized carbons (Fsp3) is 0.300. The number of rotatable bonds is 4. The molecule has 0 aromatic heterocycles. The van der Waals surface area contributed by atoms with Gasteiger partial charge in [-0.3, -0.25) is 4.79 Å². The van der Waals surface area contributed by atoms with Crippen LogP contribution >= 0.6 is 15.9 Å². The Hall–Kier alpha value is -1.23. The van der Waals surface area contributed by atoms with Crippen molar-refractivity contribution in [3.63, 3.8) is 0 Å². The topological polar surface area (TPSA) is 55.6 Å². The van der Waals surface area contributed by atoms with Crippen molar-refractivity contribution in [2.75, 3.05) is 25.6 Å². The van der Waals surface area contributed by atoms with E-state index >= 15 is 0 Å². The molecule has 2 N–H and O–H groups in total. The van der Waals surface area contributed by atoms with Crippen molar-refractivity contribution in [1.82, 2.24) is 0 Å². The summed E-state index contributed by atoms with van der Waals surface area (Å²) in [6.07, 6.45) is 0. The Morgan fingerprint density at radius 1 is 1.60 bits per heavy atom. The van der Waals surface area contributed by atoms with Crippen LogP contribution in [-0.2, 0) is 4.79 Å². The van der Waals surface area contributed by atoms with Crippen LogP contribution in [0.15, 0.2) is 22.7 Å². The highest BCUT2D eigenvalue weighted by Gasteiger charge is 2.06. The Balaban J connectivity index is 2.87. The first-order valence-corrected chi connectivity index (χ1v) is 5.17. The van der Waals surface area contributed by atoms with Crippen molar-refractivity contribution in [2.45, 2.75) is 0 Å². The minimum atomic E-state index is -0.357. The van der Waals surface area contributed by atoms with E-state index in [-0.39, 0.29) is 12.5 Å². The van der Waals surface area contributed by atoms with E-state index in [0.29, 0.717) is 0 Å². The van der Waals surface area contributed by atoms with Gasteiger partial charge in [-0.2, -0.15) is 0 Å². The molecule has 0 atom stereocenters. The summed E-state index contributed by atoms with van der Waals surface area (Å²) in [5.74, 6) is 0.399. The second-order valence-corrected chi connectivity index (χ2v) is 4.00. The number of halogens is 1. The first-order valence-electron chi connectivity index (χ1n) is 4.37.